The second-order valence-corrected chi connectivity index (χ2v) is 6.82. The quantitative estimate of drug-likeness (QED) is 0.745. The number of alkyl halides is 3. The molecule has 0 aromatic heterocycles. The fourth-order valence-electron chi connectivity index (χ4n) is 3.22. The summed E-state index contributed by atoms with van der Waals surface area (Å²) in [6.07, 6.45) is -4.52. The Morgan fingerprint density at radius 2 is 1.90 bits per heavy atom. The normalized spacial score (nSPS) is 17.8. The van der Waals surface area contributed by atoms with E-state index in [4.69, 9.17) is 14.6 Å². The maximum Gasteiger partial charge on any atom is 0.416 e. The first-order chi connectivity index (χ1) is 13.8. The van der Waals surface area contributed by atoms with Crippen molar-refractivity contribution in [3.8, 4) is 5.75 Å². The molecule has 1 N–H and O–H groups in total. The largest absolute Gasteiger partial charge is 0.489 e. The van der Waals surface area contributed by atoms with Crippen molar-refractivity contribution in [3.63, 3.8) is 0 Å². The zero-order chi connectivity index (χ0) is 20.9. The van der Waals surface area contributed by atoms with Gasteiger partial charge in [-0.1, -0.05) is 30.3 Å². The van der Waals surface area contributed by atoms with Gasteiger partial charge >= 0.3 is 12.1 Å². The van der Waals surface area contributed by atoms with Gasteiger partial charge in [-0.25, -0.2) is 0 Å². The Hall–Kier alpha value is -2.58. The van der Waals surface area contributed by atoms with E-state index in [1.165, 1.54) is 12.1 Å². The van der Waals surface area contributed by atoms with Gasteiger partial charge in [0.25, 0.3) is 0 Å². The van der Waals surface area contributed by atoms with Crippen LogP contribution >= 0.6 is 0 Å². The summed E-state index contributed by atoms with van der Waals surface area (Å²) < 4.78 is 50.5. The molecule has 1 atom stereocenters. The van der Waals surface area contributed by atoms with E-state index in [2.05, 4.69) is 0 Å². The van der Waals surface area contributed by atoms with Crippen molar-refractivity contribution in [2.45, 2.75) is 25.3 Å². The van der Waals surface area contributed by atoms with Crippen LogP contribution < -0.4 is 4.74 Å². The number of hydrogen-bond acceptors (Lipinski definition) is 4. The molecule has 8 heteroatoms. The van der Waals surface area contributed by atoms with Gasteiger partial charge in [-0.3, -0.25) is 9.69 Å². The summed E-state index contributed by atoms with van der Waals surface area (Å²) in [5.74, 6) is -0.370. The maximum absolute atomic E-state index is 13.1. The lowest BCUT2D eigenvalue weighted by molar-refractivity contribution is -0.139. The van der Waals surface area contributed by atoms with Crippen molar-refractivity contribution < 1.29 is 32.5 Å². The number of carboxylic acids is 1. The molecule has 1 fully saturated rings. The number of halogens is 3. The monoisotopic (exact) mass is 409 g/mol. The number of rotatable bonds is 7. The highest BCUT2D eigenvalue weighted by atomic mass is 19.4. The standard InChI is InChI=1S/C21H22F3NO4/c22-21(23,24)18-4-2-1-3-16(18)14-29-17-7-5-15(6-8-17)19-13-25(11-12-28-19)10-9-20(26)27/h1-8,19H,9-14H2,(H,26,27). The first kappa shape index (κ1) is 21.1. The summed E-state index contributed by atoms with van der Waals surface area (Å²) in [6.45, 7) is 2.07. The minimum absolute atomic E-state index is 0.0776. The highest BCUT2D eigenvalue weighted by molar-refractivity contribution is 5.66. The second kappa shape index (κ2) is 9.28. The molecule has 0 bridgehead atoms. The molecule has 0 aliphatic carbocycles. The average molecular weight is 409 g/mol. The van der Waals surface area contributed by atoms with E-state index in [9.17, 15) is 18.0 Å². The topological polar surface area (TPSA) is 59.0 Å². The predicted molar refractivity (Wildman–Crippen MR) is 99.6 cm³/mol. The van der Waals surface area contributed by atoms with Crippen molar-refractivity contribution in [2.24, 2.45) is 0 Å². The highest BCUT2D eigenvalue weighted by Gasteiger charge is 2.33. The van der Waals surface area contributed by atoms with E-state index in [1.54, 1.807) is 18.2 Å². The van der Waals surface area contributed by atoms with Crippen molar-refractivity contribution in [2.75, 3.05) is 26.2 Å². The summed E-state index contributed by atoms with van der Waals surface area (Å²) in [6, 6.07) is 12.4. The fourth-order valence-corrected chi connectivity index (χ4v) is 3.22. The summed E-state index contributed by atoms with van der Waals surface area (Å²) in [7, 11) is 0. The van der Waals surface area contributed by atoms with Crippen LogP contribution in [-0.4, -0.2) is 42.2 Å². The number of aliphatic carboxylic acids is 1. The van der Waals surface area contributed by atoms with Crippen LogP contribution in [-0.2, 0) is 22.3 Å². The van der Waals surface area contributed by atoms with Crippen LogP contribution in [0.3, 0.4) is 0 Å². The molecule has 1 aliphatic heterocycles. The molecule has 0 spiro atoms. The van der Waals surface area contributed by atoms with Crippen LogP contribution in [0.15, 0.2) is 48.5 Å². The summed E-state index contributed by atoms with van der Waals surface area (Å²) >= 11 is 0. The predicted octanol–water partition coefficient (Wildman–Crippen LogP) is 4.13. The minimum Gasteiger partial charge on any atom is -0.489 e. The molecule has 1 saturated heterocycles. The Morgan fingerprint density at radius 3 is 2.59 bits per heavy atom. The number of ether oxygens (including phenoxy) is 2. The third-order valence-corrected chi connectivity index (χ3v) is 4.76. The molecule has 2 aromatic carbocycles. The van der Waals surface area contributed by atoms with Gasteiger partial charge in [0.2, 0.25) is 0 Å². The van der Waals surface area contributed by atoms with E-state index in [1.807, 2.05) is 17.0 Å². The van der Waals surface area contributed by atoms with E-state index < -0.39 is 17.7 Å². The summed E-state index contributed by atoms with van der Waals surface area (Å²) in [5, 5.41) is 8.82. The van der Waals surface area contributed by atoms with Crippen molar-refractivity contribution in [1.82, 2.24) is 4.90 Å². The Balaban J connectivity index is 1.59. The summed E-state index contributed by atoms with van der Waals surface area (Å²) in [5.41, 5.74) is 0.288. The smallest absolute Gasteiger partial charge is 0.416 e. The Bertz CT molecular complexity index is 823. The molecule has 156 valence electrons. The van der Waals surface area contributed by atoms with Crippen LogP contribution in [0, 0.1) is 0 Å². The molecule has 0 radical (unpaired) electrons. The van der Waals surface area contributed by atoms with Crippen LogP contribution in [0.4, 0.5) is 13.2 Å². The number of carbonyl (C=O) groups is 1. The van der Waals surface area contributed by atoms with Gasteiger partial charge in [0.05, 0.1) is 24.7 Å². The third-order valence-electron chi connectivity index (χ3n) is 4.76. The van der Waals surface area contributed by atoms with Crippen molar-refractivity contribution in [3.05, 3.63) is 65.2 Å². The highest BCUT2D eigenvalue weighted by Crippen LogP contribution is 2.32. The van der Waals surface area contributed by atoms with Gasteiger partial charge in [-0.05, 0) is 23.8 Å². The SMILES string of the molecule is O=C(O)CCN1CCOC(c2ccc(OCc3ccccc3C(F)(F)F)cc2)C1. The zero-order valence-corrected chi connectivity index (χ0v) is 15.7. The van der Waals surface area contributed by atoms with Crippen LogP contribution in [0.1, 0.15) is 29.2 Å². The molecule has 1 aliphatic rings. The van der Waals surface area contributed by atoms with E-state index in [-0.39, 0.29) is 24.7 Å². The molecule has 1 unspecified atom stereocenters. The number of nitrogens with zero attached hydrogens (tertiary/aromatic N) is 1. The van der Waals surface area contributed by atoms with Gasteiger partial charge < -0.3 is 14.6 Å². The van der Waals surface area contributed by atoms with Gasteiger partial charge in [-0.15, -0.1) is 0 Å². The van der Waals surface area contributed by atoms with Gasteiger partial charge in [0.1, 0.15) is 12.4 Å². The molecule has 0 saturated carbocycles. The molecule has 0 amide bonds. The summed E-state index contributed by atoms with van der Waals surface area (Å²) in [4.78, 5) is 12.8. The molecule has 5 nitrogen and oxygen atoms in total. The molecule has 29 heavy (non-hydrogen) atoms. The number of morpholine rings is 1. The van der Waals surface area contributed by atoms with E-state index >= 15 is 0 Å². The van der Waals surface area contributed by atoms with Crippen LogP contribution in [0.25, 0.3) is 0 Å². The van der Waals surface area contributed by atoms with Gasteiger partial charge in [0.15, 0.2) is 0 Å². The molecular weight excluding hydrogens is 387 g/mol. The molecular formula is C21H22F3NO4. The molecule has 2 aromatic rings. The Kier molecular flexibility index (Phi) is 6.76. The lowest BCUT2D eigenvalue weighted by Gasteiger charge is -2.32. The lowest BCUT2D eigenvalue weighted by atomic mass is 10.1. The molecule has 1 heterocycles. The Labute approximate surface area is 166 Å². The average Bonchev–Trinajstić information content (AvgIpc) is 2.71. The maximum atomic E-state index is 13.1. The molecule has 3 rings (SSSR count). The van der Waals surface area contributed by atoms with Crippen LogP contribution in [0.5, 0.6) is 5.75 Å². The Morgan fingerprint density at radius 1 is 1.17 bits per heavy atom. The van der Waals surface area contributed by atoms with Crippen molar-refractivity contribution in [1.29, 1.82) is 0 Å². The number of benzene rings is 2. The lowest BCUT2D eigenvalue weighted by Crippen LogP contribution is -2.39. The number of hydrogen-bond donors (Lipinski definition) is 1. The van der Waals surface area contributed by atoms with Crippen LogP contribution in [0.2, 0.25) is 0 Å². The minimum atomic E-state index is -4.42. The fraction of sp³-hybridized carbons (Fsp3) is 0.381. The first-order valence-corrected chi connectivity index (χ1v) is 9.26. The third kappa shape index (κ3) is 5.95. The van der Waals surface area contributed by atoms with Gasteiger partial charge in [0, 0.05) is 25.2 Å². The second-order valence-electron chi connectivity index (χ2n) is 6.82. The number of carboxylic acid groups (broad SMARTS) is 1. The zero-order valence-electron chi connectivity index (χ0n) is 15.7. The van der Waals surface area contributed by atoms with E-state index in [0.717, 1.165) is 11.6 Å². The first-order valence-electron chi connectivity index (χ1n) is 9.26. The van der Waals surface area contributed by atoms with E-state index in [0.29, 0.717) is 32.0 Å². The van der Waals surface area contributed by atoms with Gasteiger partial charge in [-0.2, -0.15) is 13.2 Å². The van der Waals surface area contributed by atoms with Crippen molar-refractivity contribution >= 4 is 5.97 Å².